The SMILES string of the molecule is COC(=O)c1cc([N+](=O)[O-])cc([N+](=O)[O-])c1N1CCC(C(=O)Nc2cc(C)ccn2)CC1. The minimum Gasteiger partial charge on any atom is -0.465 e. The van der Waals surface area contributed by atoms with E-state index in [4.69, 9.17) is 4.74 Å². The first-order chi connectivity index (χ1) is 15.2. The third-order valence-electron chi connectivity index (χ3n) is 5.24. The first-order valence-corrected chi connectivity index (χ1v) is 9.75. The minimum absolute atomic E-state index is 0.0494. The highest BCUT2D eigenvalue weighted by Gasteiger charge is 2.34. The number of carbonyl (C=O) groups excluding carboxylic acids is 2. The molecule has 0 aliphatic carbocycles. The molecule has 0 atom stereocenters. The predicted octanol–water partition coefficient (Wildman–Crippen LogP) is 2.85. The number of benzene rings is 1. The van der Waals surface area contributed by atoms with Crippen molar-refractivity contribution in [2.45, 2.75) is 19.8 Å². The number of amides is 1. The van der Waals surface area contributed by atoms with Gasteiger partial charge in [-0.1, -0.05) is 0 Å². The molecule has 1 saturated heterocycles. The van der Waals surface area contributed by atoms with Crippen LogP contribution >= 0.6 is 0 Å². The van der Waals surface area contributed by atoms with Crippen LogP contribution in [0.3, 0.4) is 0 Å². The van der Waals surface area contributed by atoms with Gasteiger partial charge in [0.05, 0.1) is 28.6 Å². The molecule has 1 aliphatic rings. The van der Waals surface area contributed by atoms with E-state index in [-0.39, 0.29) is 36.2 Å². The van der Waals surface area contributed by atoms with Crippen molar-refractivity contribution in [2.75, 3.05) is 30.4 Å². The van der Waals surface area contributed by atoms with Crippen LogP contribution in [0.2, 0.25) is 0 Å². The third kappa shape index (κ3) is 4.79. The topological polar surface area (TPSA) is 158 Å². The van der Waals surface area contributed by atoms with Crippen LogP contribution in [-0.4, -0.2) is 46.9 Å². The van der Waals surface area contributed by atoms with Crippen molar-refractivity contribution in [3.63, 3.8) is 0 Å². The van der Waals surface area contributed by atoms with Gasteiger partial charge in [0.25, 0.3) is 11.4 Å². The minimum atomic E-state index is -0.919. The molecular formula is C20H21N5O7. The summed E-state index contributed by atoms with van der Waals surface area (Å²) in [5, 5.41) is 25.6. The van der Waals surface area contributed by atoms with Crippen LogP contribution < -0.4 is 10.2 Å². The summed E-state index contributed by atoms with van der Waals surface area (Å²) in [6, 6.07) is 5.35. The number of hydrogen-bond donors (Lipinski definition) is 1. The first kappa shape index (κ1) is 22.6. The molecule has 1 N–H and O–H groups in total. The van der Waals surface area contributed by atoms with Crippen LogP contribution in [0.15, 0.2) is 30.5 Å². The second-order valence-electron chi connectivity index (χ2n) is 7.34. The number of aromatic nitrogens is 1. The number of anilines is 2. The highest BCUT2D eigenvalue weighted by Crippen LogP contribution is 2.38. The lowest BCUT2D eigenvalue weighted by molar-refractivity contribution is -0.393. The average molecular weight is 443 g/mol. The molecular weight excluding hydrogens is 422 g/mol. The lowest BCUT2D eigenvalue weighted by Crippen LogP contribution is -2.39. The largest absolute Gasteiger partial charge is 0.465 e. The van der Waals surface area contributed by atoms with Crippen molar-refractivity contribution in [3.05, 3.63) is 61.8 Å². The molecule has 0 bridgehead atoms. The Morgan fingerprint density at radius 3 is 2.41 bits per heavy atom. The lowest BCUT2D eigenvalue weighted by atomic mass is 9.94. The van der Waals surface area contributed by atoms with E-state index in [0.29, 0.717) is 18.7 Å². The number of nitrogens with one attached hydrogen (secondary N) is 1. The molecule has 2 heterocycles. The number of non-ortho nitro benzene ring substituents is 1. The molecule has 0 spiro atoms. The molecule has 1 aliphatic heterocycles. The van der Waals surface area contributed by atoms with E-state index in [9.17, 15) is 29.8 Å². The van der Waals surface area contributed by atoms with E-state index in [1.165, 1.54) is 0 Å². The van der Waals surface area contributed by atoms with Crippen molar-refractivity contribution in [3.8, 4) is 0 Å². The van der Waals surface area contributed by atoms with Gasteiger partial charge < -0.3 is 15.0 Å². The van der Waals surface area contributed by atoms with Gasteiger partial charge in [0, 0.05) is 31.3 Å². The number of ether oxygens (including phenoxy) is 1. The van der Waals surface area contributed by atoms with Crippen molar-refractivity contribution >= 4 is 34.8 Å². The van der Waals surface area contributed by atoms with E-state index in [1.54, 1.807) is 17.2 Å². The highest BCUT2D eigenvalue weighted by atomic mass is 16.6. The summed E-state index contributed by atoms with van der Waals surface area (Å²) in [5.41, 5.74) is -0.509. The Hall–Kier alpha value is -4.09. The summed E-state index contributed by atoms with van der Waals surface area (Å²) in [6.45, 7) is 2.36. The Morgan fingerprint density at radius 1 is 1.16 bits per heavy atom. The number of hydrogen-bond acceptors (Lipinski definition) is 9. The fourth-order valence-electron chi connectivity index (χ4n) is 3.64. The molecule has 1 fully saturated rings. The molecule has 168 valence electrons. The van der Waals surface area contributed by atoms with Crippen molar-refractivity contribution < 1.29 is 24.2 Å². The van der Waals surface area contributed by atoms with Gasteiger partial charge in [-0.2, -0.15) is 0 Å². The summed E-state index contributed by atoms with van der Waals surface area (Å²) in [5.74, 6) is -1.05. The standard InChI is InChI=1S/C20H21N5O7/c1-12-3-6-21-17(9-12)22-19(26)13-4-7-23(8-5-13)18-15(20(27)32-2)10-14(24(28)29)11-16(18)25(30)31/h3,6,9-11,13H,4-5,7-8H2,1-2H3,(H,21,22,26). The highest BCUT2D eigenvalue weighted by molar-refractivity contribution is 5.99. The molecule has 2 aromatic rings. The molecule has 0 radical (unpaired) electrons. The van der Waals surface area contributed by atoms with Crippen molar-refractivity contribution in [1.82, 2.24) is 4.98 Å². The summed E-state index contributed by atoms with van der Waals surface area (Å²) >= 11 is 0. The molecule has 1 aromatic carbocycles. The van der Waals surface area contributed by atoms with Crippen LogP contribution in [0.1, 0.15) is 28.8 Å². The second-order valence-corrected chi connectivity index (χ2v) is 7.34. The molecule has 12 nitrogen and oxygen atoms in total. The fourth-order valence-corrected chi connectivity index (χ4v) is 3.64. The zero-order valence-corrected chi connectivity index (χ0v) is 17.4. The normalized spacial score (nSPS) is 14.0. The van der Waals surface area contributed by atoms with Crippen LogP contribution in [0, 0.1) is 33.1 Å². The van der Waals surface area contributed by atoms with Gasteiger partial charge in [0.15, 0.2) is 0 Å². The number of carbonyl (C=O) groups is 2. The summed E-state index contributed by atoms with van der Waals surface area (Å²) in [6.07, 6.45) is 2.33. The third-order valence-corrected chi connectivity index (χ3v) is 5.24. The Bertz CT molecular complexity index is 1080. The number of rotatable bonds is 6. The maximum atomic E-state index is 12.6. The van der Waals surface area contributed by atoms with Crippen LogP contribution in [0.25, 0.3) is 0 Å². The number of methoxy groups -OCH3 is 1. The number of piperidine rings is 1. The number of nitro groups is 2. The van der Waals surface area contributed by atoms with E-state index >= 15 is 0 Å². The summed E-state index contributed by atoms with van der Waals surface area (Å²) < 4.78 is 4.69. The van der Waals surface area contributed by atoms with Gasteiger partial charge in [-0.3, -0.25) is 25.0 Å². The Morgan fingerprint density at radius 2 is 1.84 bits per heavy atom. The number of nitro benzene ring substituents is 2. The van der Waals surface area contributed by atoms with Gasteiger partial charge in [-0.05, 0) is 37.5 Å². The van der Waals surface area contributed by atoms with E-state index in [0.717, 1.165) is 24.8 Å². The number of pyridine rings is 1. The molecule has 3 rings (SSSR count). The Balaban J connectivity index is 1.83. The second kappa shape index (κ2) is 9.37. The monoisotopic (exact) mass is 443 g/mol. The predicted molar refractivity (Wildman–Crippen MR) is 114 cm³/mol. The number of aryl methyl sites for hydroxylation is 1. The van der Waals surface area contributed by atoms with E-state index in [1.807, 2.05) is 13.0 Å². The van der Waals surface area contributed by atoms with Crippen LogP contribution in [0.5, 0.6) is 0 Å². The maximum Gasteiger partial charge on any atom is 0.340 e. The zero-order chi connectivity index (χ0) is 23.4. The van der Waals surface area contributed by atoms with Gasteiger partial charge in [0.2, 0.25) is 5.91 Å². The quantitative estimate of drug-likeness (QED) is 0.402. The van der Waals surface area contributed by atoms with E-state index < -0.39 is 27.2 Å². The fraction of sp³-hybridized carbons (Fsp3) is 0.350. The Labute approximate surface area is 182 Å². The Kier molecular flexibility index (Phi) is 6.61. The van der Waals surface area contributed by atoms with Gasteiger partial charge in [0.1, 0.15) is 11.5 Å². The zero-order valence-electron chi connectivity index (χ0n) is 17.4. The maximum absolute atomic E-state index is 12.6. The molecule has 12 heteroatoms. The molecule has 0 saturated carbocycles. The summed E-state index contributed by atoms with van der Waals surface area (Å²) in [4.78, 5) is 51.8. The average Bonchev–Trinajstić information content (AvgIpc) is 2.77. The van der Waals surface area contributed by atoms with Crippen molar-refractivity contribution in [2.24, 2.45) is 5.92 Å². The lowest BCUT2D eigenvalue weighted by Gasteiger charge is -2.33. The smallest absolute Gasteiger partial charge is 0.340 e. The van der Waals surface area contributed by atoms with Crippen LogP contribution in [0.4, 0.5) is 22.9 Å². The van der Waals surface area contributed by atoms with Gasteiger partial charge >= 0.3 is 5.97 Å². The molecule has 1 amide bonds. The molecule has 0 unspecified atom stereocenters. The van der Waals surface area contributed by atoms with Crippen LogP contribution in [-0.2, 0) is 9.53 Å². The van der Waals surface area contributed by atoms with Gasteiger partial charge in [-0.25, -0.2) is 9.78 Å². The molecule has 1 aromatic heterocycles. The van der Waals surface area contributed by atoms with E-state index in [2.05, 4.69) is 10.3 Å². The van der Waals surface area contributed by atoms with Crippen molar-refractivity contribution in [1.29, 1.82) is 0 Å². The van der Waals surface area contributed by atoms with Gasteiger partial charge in [-0.15, -0.1) is 0 Å². The number of esters is 1. The first-order valence-electron chi connectivity index (χ1n) is 9.75. The molecule has 32 heavy (non-hydrogen) atoms. The summed E-state index contributed by atoms with van der Waals surface area (Å²) in [7, 11) is 1.09. The number of nitrogens with zero attached hydrogens (tertiary/aromatic N) is 4.